The molecule has 0 atom stereocenters. The molecule has 1 N–H and O–H groups in total. The van der Waals surface area contributed by atoms with Crippen LogP contribution in [0.1, 0.15) is 0 Å². The molecule has 0 bridgehead atoms. The molecule has 0 heterocycles. The van der Waals surface area contributed by atoms with Crippen molar-refractivity contribution in [3.05, 3.63) is 29.4 Å². The van der Waals surface area contributed by atoms with Gasteiger partial charge in [0.15, 0.2) is 0 Å². The van der Waals surface area contributed by atoms with Gasteiger partial charge in [-0.1, -0.05) is 0 Å². The van der Waals surface area contributed by atoms with Crippen LogP contribution in [0.4, 0.5) is 5.69 Å². The van der Waals surface area contributed by atoms with Gasteiger partial charge in [0.05, 0.1) is 12.1 Å². The molecule has 6 heteroatoms. The maximum atomic E-state index is 10.4. The molecule has 0 amide bonds. The molecule has 4 nitrogen and oxygen atoms in total. The highest BCUT2D eigenvalue weighted by atomic mass is 127. The second kappa shape index (κ2) is 3.73. The van der Waals surface area contributed by atoms with E-state index in [1.807, 2.05) is 45.2 Å². The van der Waals surface area contributed by atoms with Gasteiger partial charge in [-0.3, -0.25) is 10.1 Å². The number of hydrogen-bond acceptors (Lipinski definition) is 3. The topological polar surface area (TPSA) is 63.4 Å². The third kappa shape index (κ3) is 1.97. The van der Waals surface area contributed by atoms with Crippen molar-refractivity contribution in [1.82, 2.24) is 0 Å². The molecule has 0 fully saturated rings. The fraction of sp³-hybridized carbons (Fsp3) is 0. The fourth-order valence-electron chi connectivity index (χ4n) is 0.666. The second-order valence-electron chi connectivity index (χ2n) is 2.01. The van der Waals surface area contributed by atoms with Crippen molar-refractivity contribution in [2.24, 2.45) is 0 Å². The van der Waals surface area contributed by atoms with E-state index in [1.165, 1.54) is 12.1 Å². The molecule has 0 aliphatic carbocycles. The van der Waals surface area contributed by atoms with Gasteiger partial charge in [0.2, 0.25) is 0 Å². The van der Waals surface area contributed by atoms with Crippen LogP contribution in [-0.2, 0) is 0 Å². The molecular formula is C6H3I2NO3. The standard InChI is InChI=1S/C6H3I2NO3/c7-3-2-6(10)4(8)1-5(3)9(11)12/h1-2,10H. The highest BCUT2D eigenvalue weighted by Crippen LogP contribution is 2.29. The van der Waals surface area contributed by atoms with Crippen LogP contribution in [0.15, 0.2) is 12.1 Å². The van der Waals surface area contributed by atoms with Crippen LogP contribution < -0.4 is 0 Å². The number of phenolic OH excluding ortho intramolecular Hbond substituents is 1. The molecule has 0 aliphatic heterocycles. The maximum absolute atomic E-state index is 10.4. The van der Waals surface area contributed by atoms with Gasteiger partial charge >= 0.3 is 0 Å². The van der Waals surface area contributed by atoms with Crippen LogP contribution >= 0.6 is 45.2 Å². The minimum absolute atomic E-state index is 0.0257. The lowest BCUT2D eigenvalue weighted by Gasteiger charge is -1.98. The van der Waals surface area contributed by atoms with E-state index < -0.39 is 4.92 Å². The van der Waals surface area contributed by atoms with E-state index in [4.69, 9.17) is 0 Å². The van der Waals surface area contributed by atoms with Crippen molar-refractivity contribution < 1.29 is 10.0 Å². The van der Waals surface area contributed by atoms with E-state index in [0.29, 0.717) is 7.14 Å². The van der Waals surface area contributed by atoms with Gasteiger partial charge < -0.3 is 5.11 Å². The molecule has 0 radical (unpaired) electrons. The molecule has 1 rings (SSSR count). The molecule has 64 valence electrons. The fourth-order valence-corrected chi connectivity index (χ4v) is 1.76. The minimum atomic E-state index is -0.469. The molecule has 1 aromatic rings. The number of aromatic hydroxyl groups is 1. The van der Waals surface area contributed by atoms with Crippen molar-refractivity contribution in [1.29, 1.82) is 0 Å². The number of phenols is 1. The van der Waals surface area contributed by atoms with Crippen molar-refractivity contribution in [3.8, 4) is 5.75 Å². The summed E-state index contributed by atoms with van der Waals surface area (Å²) in [4.78, 5) is 9.93. The Morgan fingerprint density at radius 3 is 2.42 bits per heavy atom. The Morgan fingerprint density at radius 1 is 1.33 bits per heavy atom. The largest absolute Gasteiger partial charge is 0.507 e. The first-order valence-electron chi connectivity index (χ1n) is 2.85. The summed E-state index contributed by atoms with van der Waals surface area (Å²) in [6.45, 7) is 0. The van der Waals surface area contributed by atoms with Crippen LogP contribution in [0.2, 0.25) is 0 Å². The van der Waals surface area contributed by atoms with E-state index in [9.17, 15) is 15.2 Å². The van der Waals surface area contributed by atoms with Gasteiger partial charge in [0.1, 0.15) is 5.75 Å². The van der Waals surface area contributed by atoms with Gasteiger partial charge in [-0.05, 0) is 45.2 Å². The lowest BCUT2D eigenvalue weighted by Crippen LogP contribution is -1.92. The zero-order valence-electron chi connectivity index (χ0n) is 5.62. The Kier molecular flexibility index (Phi) is 3.09. The first-order valence-corrected chi connectivity index (χ1v) is 5.00. The van der Waals surface area contributed by atoms with Crippen LogP contribution in [-0.4, -0.2) is 10.0 Å². The first-order chi connectivity index (χ1) is 5.52. The maximum Gasteiger partial charge on any atom is 0.283 e. The van der Waals surface area contributed by atoms with Gasteiger partial charge in [0, 0.05) is 12.1 Å². The number of benzene rings is 1. The lowest BCUT2D eigenvalue weighted by atomic mass is 10.3. The Labute approximate surface area is 95.4 Å². The summed E-state index contributed by atoms with van der Waals surface area (Å²) in [7, 11) is 0. The molecule has 0 aliphatic rings. The van der Waals surface area contributed by atoms with Gasteiger partial charge in [0.25, 0.3) is 5.69 Å². The second-order valence-corrected chi connectivity index (χ2v) is 4.34. The third-order valence-corrected chi connectivity index (χ3v) is 2.94. The summed E-state index contributed by atoms with van der Waals surface area (Å²) in [6, 6.07) is 2.72. The van der Waals surface area contributed by atoms with Crippen LogP contribution in [0.5, 0.6) is 5.75 Å². The molecule has 1 aromatic carbocycles. The SMILES string of the molecule is O=[N+]([O-])c1cc(I)c(O)cc1I. The molecule has 0 saturated heterocycles. The van der Waals surface area contributed by atoms with Gasteiger partial charge in [-0.2, -0.15) is 0 Å². The number of hydrogen-bond donors (Lipinski definition) is 1. The summed E-state index contributed by atoms with van der Waals surface area (Å²) >= 11 is 3.66. The molecule has 0 aromatic heterocycles. The number of nitrogens with zero attached hydrogens (tertiary/aromatic N) is 1. The summed E-state index contributed by atoms with van der Waals surface area (Å²) in [5.74, 6) is 0.0746. The van der Waals surface area contributed by atoms with Crippen molar-refractivity contribution in [3.63, 3.8) is 0 Å². The average Bonchev–Trinajstić information content (AvgIpc) is 1.96. The van der Waals surface area contributed by atoms with Crippen LogP contribution in [0.25, 0.3) is 0 Å². The molecule has 0 spiro atoms. The quantitative estimate of drug-likeness (QED) is 0.455. The van der Waals surface area contributed by atoms with Gasteiger partial charge in [-0.25, -0.2) is 0 Å². The van der Waals surface area contributed by atoms with E-state index in [2.05, 4.69) is 0 Å². The summed E-state index contributed by atoms with van der Waals surface area (Å²) in [5, 5.41) is 19.6. The first kappa shape index (κ1) is 9.96. The zero-order valence-corrected chi connectivity index (χ0v) is 9.94. The Balaban J connectivity index is 3.33. The molecule has 0 saturated carbocycles. The molecule has 0 unspecified atom stereocenters. The highest BCUT2D eigenvalue weighted by molar-refractivity contribution is 14.1. The van der Waals surface area contributed by atoms with E-state index in [1.54, 1.807) is 0 Å². The Morgan fingerprint density at radius 2 is 1.92 bits per heavy atom. The third-order valence-electron chi connectivity index (χ3n) is 1.21. The summed E-state index contributed by atoms with van der Waals surface area (Å²) in [6.07, 6.45) is 0. The normalized spacial score (nSPS) is 9.83. The Bertz CT molecular complexity index is 340. The van der Waals surface area contributed by atoms with E-state index in [-0.39, 0.29) is 11.4 Å². The summed E-state index contributed by atoms with van der Waals surface area (Å²) < 4.78 is 0.926. The number of rotatable bonds is 1. The number of nitro benzene ring substituents is 1. The van der Waals surface area contributed by atoms with Crippen LogP contribution in [0, 0.1) is 17.3 Å². The smallest absolute Gasteiger partial charge is 0.283 e. The monoisotopic (exact) mass is 391 g/mol. The van der Waals surface area contributed by atoms with E-state index in [0.717, 1.165) is 0 Å². The van der Waals surface area contributed by atoms with E-state index >= 15 is 0 Å². The number of halogens is 2. The predicted molar refractivity (Wildman–Crippen MR) is 60.2 cm³/mol. The Hall–Kier alpha value is -0.120. The van der Waals surface area contributed by atoms with Crippen molar-refractivity contribution in [2.75, 3.05) is 0 Å². The highest BCUT2D eigenvalue weighted by Gasteiger charge is 2.14. The molecule has 12 heavy (non-hydrogen) atoms. The molecular weight excluding hydrogens is 388 g/mol. The van der Waals surface area contributed by atoms with Crippen molar-refractivity contribution in [2.45, 2.75) is 0 Å². The minimum Gasteiger partial charge on any atom is -0.507 e. The van der Waals surface area contributed by atoms with Gasteiger partial charge in [-0.15, -0.1) is 0 Å². The predicted octanol–water partition coefficient (Wildman–Crippen LogP) is 2.51. The lowest BCUT2D eigenvalue weighted by molar-refractivity contribution is -0.385. The number of nitro groups is 1. The zero-order chi connectivity index (χ0) is 9.30. The van der Waals surface area contributed by atoms with Crippen molar-refractivity contribution >= 4 is 50.9 Å². The average molecular weight is 391 g/mol. The summed E-state index contributed by atoms with van der Waals surface area (Å²) in [5.41, 5.74) is 0.0257. The van der Waals surface area contributed by atoms with Crippen LogP contribution in [0.3, 0.4) is 0 Å².